The first-order valence-corrected chi connectivity index (χ1v) is 5.75. The van der Waals surface area contributed by atoms with E-state index in [0.717, 1.165) is 0 Å². The standard InChI is InChI=1S/C13H17N3O2/c1-5-10-9(8-14)6-7-11(15-10)16-12(17)18-13(2,3)4/h6-7H,5H2,1-4H3,(H,15,16,17). The number of amides is 1. The molecule has 1 aromatic heterocycles. The van der Waals surface area contributed by atoms with Crippen molar-refractivity contribution in [2.45, 2.75) is 39.7 Å². The number of ether oxygens (including phenoxy) is 1. The number of carbonyl (C=O) groups is 1. The van der Waals surface area contributed by atoms with Gasteiger partial charge >= 0.3 is 6.09 Å². The van der Waals surface area contributed by atoms with Crippen molar-refractivity contribution in [3.8, 4) is 6.07 Å². The lowest BCUT2D eigenvalue weighted by molar-refractivity contribution is 0.0635. The Morgan fingerprint density at radius 3 is 2.67 bits per heavy atom. The van der Waals surface area contributed by atoms with Crippen LogP contribution in [0, 0.1) is 11.3 Å². The summed E-state index contributed by atoms with van der Waals surface area (Å²) in [4.78, 5) is 15.7. The lowest BCUT2D eigenvalue weighted by atomic mass is 10.2. The third-order valence-corrected chi connectivity index (χ3v) is 2.06. The SMILES string of the molecule is CCc1nc(NC(=O)OC(C)(C)C)ccc1C#N. The Morgan fingerprint density at radius 2 is 2.17 bits per heavy atom. The van der Waals surface area contributed by atoms with Crippen LogP contribution in [-0.4, -0.2) is 16.7 Å². The molecule has 0 unspecified atom stereocenters. The van der Waals surface area contributed by atoms with Gasteiger partial charge in [-0.25, -0.2) is 9.78 Å². The second-order valence-electron chi connectivity index (χ2n) is 4.78. The van der Waals surface area contributed by atoms with Crippen LogP contribution < -0.4 is 5.32 Å². The number of nitrogens with one attached hydrogen (secondary N) is 1. The quantitative estimate of drug-likeness (QED) is 0.871. The van der Waals surface area contributed by atoms with Crippen LogP contribution >= 0.6 is 0 Å². The van der Waals surface area contributed by atoms with E-state index >= 15 is 0 Å². The number of hydrogen-bond donors (Lipinski definition) is 1. The highest BCUT2D eigenvalue weighted by Gasteiger charge is 2.16. The fourth-order valence-corrected chi connectivity index (χ4v) is 1.35. The Labute approximate surface area is 107 Å². The first kappa shape index (κ1) is 14.0. The Kier molecular flexibility index (Phi) is 4.27. The minimum atomic E-state index is -0.554. The lowest BCUT2D eigenvalue weighted by Gasteiger charge is -2.19. The van der Waals surface area contributed by atoms with Gasteiger partial charge in [0.2, 0.25) is 0 Å². The third kappa shape index (κ3) is 4.06. The van der Waals surface area contributed by atoms with Gasteiger partial charge in [0.1, 0.15) is 17.5 Å². The summed E-state index contributed by atoms with van der Waals surface area (Å²) in [6.07, 6.45) is 0.0778. The minimum absolute atomic E-state index is 0.389. The van der Waals surface area contributed by atoms with Gasteiger partial charge in [-0.15, -0.1) is 0 Å². The van der Waals surface area contributed by atoms with Crippen LogP contribution in [-0.2, 0) is 11.2 Å². The number of aryl methyl sites for hydroxylation is 1. The summed E-state index contributed by atoms with van der Waals surface area (Å²) >= 11 is 0. The summed E-state index contributed by atoms with van der Waals surface area (Å²) in [5.41, 5.74) is 0.628. The Hall–Kier alpha value is -2.09. The van der Waals surface area contributed by atoms with Gasteiger partial charge in [-0.3, -0.25) is 5.32 Å². The van der Waals surface area contributed by atoms with Crippen LogP contribution in [0.3, 0.4) is 0 Å². The molecular weight excluding hydrogens is 230 g/mol. The molecule has 1 rings (SSSR count). The number of nitrogens with zero attached hydrogens (tertiary/aromatic N) is 2. The molecule has 1 heterocycles. The highest BCUT2D eigenvalue weighted by atomic mass is 16.6. The summed E-state index contributed by atoms with van der Waals surface area (Å²) in [6, 6.07) is 5.28. The monoisotopic (exact) mass is 247 g/mol. The predicted molar refractivity (Wildman–Crippen MR) is 68.2 cm³/mol. The normalized spacial score (nSPS) is 10.6. The molecular formula is C13H17N3O2. The summed E-state index contributed by atoms with van der Waals surface area (Å²) in [7, 11) is 0. The number of carbonyl (C=O) groups excluding carboxylic acids is 1. The molecule has 1 amide bonds. The van der Waals surface area contributed by atoms with Gasteiger partial charge in [0.05, 0.1) is 11.3 Å². The zero-order chi connectivity index (χ0) is 13.8. The van der Waals surface area contributed by atoms with Gasteiger partial charge in [0, 0.05) is 0 Å². The van der Waals surface area contributed by atoms with Gasteiger partial charge in [0.25, 0.3) is 0 Å². The van der Waals surface area contributed by atoms with E-state index in [-0.39, 0.29) is 0 Å². The molecule has 0 aliphatic heterocycles. The first-order chi connectivity index (χ1) is 8.35. The zero-order valence-electron chi connectivity index (χ0n) is 11.1. The molecule has 5 nitrogen and oxygen atoms in total. The number of aromatic nitrogens is 1. The maximum absolute atomic E-state index is 11.5. The molecule has 0 radical (unpaired) electrons. The van der Waals surface area contributed by atoms with Crippen LogP contribution in [0.4, 0.5) is 10.6 Å². The van der Waals surface area contributed by atoms with Crippen LogP contribution in [0.1, 0.15) is 39.0 Å². The van der Waals surface area contributed by atoms with Crippen molar-refractivity contribution in [2.24, 2.45) is 0 Å². The van der Waals surface area contributed by atoms with Gasteiger partial charge in [-0.05, 0) is 39.3 Å². The van der Waals surface area contributed by atoms with Crippen molar-refractivity contribution in [3.05, 3.63) is 23.4 Å². The molecule has 0 saturated heterocycles. The molecule has 1 N–H and O–H groups in total. The van der Waals surface area contributed by atoms with Gasteiger partial charge < -0.3 is 4.74 Å². The third-order valence-electron chi connectivity index (χ3n) is 2.06. The Balaban J connectivity index is 2.81. The van der Waals surface area contributed by atoms with E-state index < -0.39 is 11.7 Å². The Morgan fingerprint density at radius 1 is 1.50 bits per heavy atom. The highest BCUT2D eigenvalue weighted by molar-refractivity contribution is 5.83. The molecule has 0 bridgehead atoms. The van der Waals surface area contributed by atoms with Crippen LogP contribution in [0.15, 0.2) is 12.1 Å². The second-order valence-corrected chi connectivity index (χ2v) is 4.78. The molecule has 1 aromatic rings. The van der Waals surface area contributed by atoms with E-state index in [4.69, 9.17) is 10.00 Å². The van der Waals surface area contributed by atoms with Crippen LogP contribution in [0.25, 0.3) is 0 Å². The number of pyridine rings is 1. The average Bonchev–Trinajstić information content (AvgIpc) is 2.26. The predicted octanol–water partition coefficient (Wildman–Crippen LogP) is 2.86. The van der Waals surface area contributed by atoms with E-state index in [9.17, 15) is 4.79 Å². The van der Waals surface area contributed by atoms with Crippen molar-refractivity contribution in [1.82, 2.24) is 4.98 Å². The number of anilines is 1. The smallest absolute Gasteiger partial charge is 0.413 e. The molecule has 0 aromatic carbocycles. The average molecular weight is 247 g/mol. The number of rotatable bonds is 2. The Bertz CT molecular complexity index is 484. The topological polar surface area (TPSA) is 75.0 Å². The van der Waals surface area contributed by atoms with E-state index in [0.29, 0.717) is 23.5 Å². The van der Waals surface area contributed by atoms with E-state index in [1.54, 1.807) is 32.9 Å². The van der Waals surface area contributed by atoms with Crippen LogP contribution in [0.2, 0.25) is 0 Å². The van der Waals surface area contributed by atoms with Crippen molar-refractivity contribution >= 4 is 11.9 Å². The van der Waals surface area contributed by atoms with Crippen LogP contribution in [0.5, 0.6) is 0 Å². The van der Waals surface area contributed by atoms with E-state index in [1.807, 2.05) is 6.92 Å². The minimum Gasteiger partial charge on any atom is -0.444 e. The summed E-state index contributed by atoms with van der Waals surface area (Å²) in [5.74, 6) is 0.389. The first-order valence-electron chi connectivity index (χ1n) is 5.75. The van der Waals surface area contributed by atoms with E-state index in [1.165, 1.54) is 0 Å². The number of hydrogen-bond acceptors (Lipinski definition) is 4. The molecule has 0 fully saturated rings. The zero-order valence-corrected chi connectivity index (χ0v) is 11.1. The molecule has 0 atom stereocenters. The second kappa shape index (κ2) is 5.50. The molecule has 0 aliphatic carbocycles. The summed E-state index contributed by atoms with van der Waals surface area (Å²) in [6.45, 7) is 7.27. The highest BCUT2D eigenvalue weighted by Crippen LogP contribution is 2.13. The molecule has 5 heteroatoms. The largest absolute Gasteiger partial charge is 0.444 e. The maximum atomic E-state index is 11.5. The van der Waals surface area contributed by atoms with Crippen molar-refractivity contribution < 1.29 is 9.53 Å². The van der Waals surface area contributed by atoms with Gasteiger partial charge in [-0.2, -0.15) is 5.26 Å². The van der Waals surface area contributed by atoms with Crippen molar-refractivity contribution in [2.75, 3.05) is 5.32 Å². The summed E-state index contributed by atoms with van der Waals surface area (Å²) in [5, 5.41) is 11.4. The van der Waals surface area contributed by atoms with E-state index in [2.05, 4.69) is 16.4 Å². The fraction of sp³-hybridized carbons (Fsp3) is 0.462. The number of nitriles is 1. The summed E-state index contributed by atoms with van der Waals surface area (Å²) < 4.78 is 5.12. The lowest BCUT2D eigenvalue weighted by Crippen LogP contribution is -2.27. The van der Waals surface area contributed by atoms with Crippen molar-refractivity contribution in [3.63, 3.8) is 0 Å². The van der Waals surface area contributed by atoms with Gasteiger partial charge in [0.15, 0.2) is 0 Å². The molecule has 0 saturated carbocycles. The molecule has 0 aliphatic rings. The molecule has 0 spiro atoms. The molecule has 18 heavy (non-hydrogen) atoms. The van der Waals surface area contributed by atoms with Crippen molar-refractivity contribution in [1.29, 1.82) is 5.26 Å². The maximum Gasteiger partial charge on any atom is 0.413 e. The fourth-order valence-electron chi connectivity index (χ4n) is 1.35. The van der Waals surface area contributed by atoms with Gasteiger partial charge in [-0.1, -0.05) is 6.92 Å². The molecule has 96 valence electrons.